The molecule has 1 saturated heterocycles. The maximum atomic E-state index is 13.5. The van der Waals surface area contributed by atoms with E-state index in [1.165, 1.54) is 38.4 Å². The van der Waals surface area contributed by atoms with Gasteiger partial charge in [-0.15, -0.1) is 0 Å². The topological polar surface area (TPSA) is 78.0 Å². The van der Waals surface area contributed by atoms with Crippen molar-refractivity contribution in [3.63, 3.8) is 0 Å². The number of sulfonamides is 1. The molecule has 32 heavy (non-hydrogen) atoms. The van der Waals surface area contributed by atoms with Gasteiger partial charge >= 0.3 is 0 Å². The molecule has 2 amide bonds. The molecule has 8 heteroatoms. The smallest absolute Gasteiger partial charge is 0.243 e. The van der Waals surface area contributed by atoms with Crippen LogP contribution in [-0.2, 0) is 19.6 Å². The zero-order valence-electron chi connectivity index (χ0n) is 18.8. The van der Waals surface area contributed by atoms with E-state index in [0.29, 0.717) is 32.1 Å². The Morgan fingerprint density at radius 3 is 1.94 bits per heavy atom. The van der Waals surface area contributed by atoms with E-state index < -0.39 is 10.0 Å². The lowest BCUT2D eigenvalue weighted by Gasteiger charge is -2.57. The Bertz CT molecular complexity index is 950. The number of hydrogen-bond acceptors (Lipinski definition) is 4. The van der Waals surface area contributed by atoms with Gasteiger partial charge in [-0.25, -0.2) is 8.42 Å². The molecule has 4 bridgehead atoms. The van der Waals surface area contributed by atoms with Crippen molar-refractivity contribution in [2.24, 2.45) is 23.2 Å². The van der Waals surface area contributed by atoms with Crippen molar-refractivity contribution in [1.29, 1.82) is 0 Å². The number of benzene rings is 1. The molecule has 4 saturated carbocycles. The van der Waals surface area contributed by atoms with Gasteiger partial charge in [-0.1, -0.05) is 18.2 Å². The highest BCUT2D eigenvalue weighted by Crippen LogP contribution is 2.60. The molecule has 0 unspecified atom stereocenters. The number of likely N-dealkylation sites (N-methyl/N-ethyl adjacent to an activating group) is 1. The van der Waals surface area contributed by atoms with Gasteiger partial charge in [0.1, 0.15) is 0 Å². The Morgan fingerprint density at radius 1 is 0.906 bits per heavy atom. The van der Waals surface area contributed by atoms with Crippen molar-refractivity contribution < 1.29 is 18.0 Å². The molecule has 7 nitrogen and oxygen atoms in total. The highest BCUT2D eigenvalue weighted by molar-refractivity contribution is 7.89. The van der Waals surface area contributed by atoms with Gasteiger partial charge in [0.25, 0.3) is 0 Å². The van der Waals surface area contributed by atoms with Crippen LogP contribution in [0.15, 0.2) is 35.2 Å². The Hall–Kier alpha value is -1.93. The summed E-state index contributed by atoms with van der Waals surface area (Å²) in [5.74, 6) is 2.29. The Morgan fingerprint density at radius 2 is 1.41 bits per heavy atom. The standard InChI is InChI=1S/C24H33N3O4S/c1-25(32(30,31)21-5-3-2-4-6-21)17-22(28)26-7-9-27(10-8-26)23(29)24-14-18-11-19(15-24)13-20(12-18)16-24/h2-6,18-20H,7-17H2,1H3. The third-order valence-electron chi connectivity index (χ3n) is 8.22. The predicted molar refractivity (Wildman–Crippen MR) is 120 cm³/mol. The quantitative estimate of drug-likeness (QED) is 0.676. The fraction of sp³-hybridized carbons (Fsp3) is 0.667. The number of nitrogens with zero attached hydrogens (tertiary/aromatic N) is 3. The Kier molecular flexibility index (Phi) is 5.56. The highest BCUT2D eigenvalue weighted by Gasteiger charge is 2.55. The van der Waals surface area contributed by atoms with Gasteiger partial charge in [-0.05, 0) is 68.4 Å². The minimum atomic E-state index is -3.70. The molecule has 0 radical (unpaired) electrons. The van der Waals surface area contributed by atoms with Gasteiger partial charge in [0.2, 0.25) is 21.8 Å². The first-order valence-corrected chi connectivity index (χ1v) is 13.3. The molecule has 5 fully saturated rings. The molecular formula is C24H33N3O4S. The third-order valence-corrected chi connectivity index (χ3v) is 10.0. The molecule has 0 N–H and O–H groups in total. The van der Waals surface area contributed by atoms with Crippen LogP contribution >= 0.6 is 0 Å². The van der Waals surface area contributed by atoms with Gasteiger partial charge in [-0.3, -0.25) is 9.59 Å². The summed E-state index contributed by atoms with van der Waals surface area (Å²) in [5.41, 5.74) is -0.148. The Balaban J connectivity index is 1.17. The summed E-state index contributed by atoms with van der Waals surface area (Å²) in [6, 6.07) is 8.16. The van der Waals surface area contributed by atoms with Crippen molar-refractivity contribution in [2.75, 3.05) is 39.8 Å². The van der Waals surface area contributed by atoms with Gasteiger partial charge in [-0.2, -0.15) is 4.31 Å². The first-order valence-electron chi connectivity index (χ1n) is 11.9. The summed E-state index contributed by atoms with van der Waals surface area (Å²) in [6.45, 7) is 1.83. The molecule has 5 aliphatic rings. The molecule has 0 atom stereocenters. The van der Waals surface area contributed by atoms with Crippen molar-refractivity contribution in [2.45, 2.75) is 43.4 Å². The number of rotatable bonds is 5. The molecule has 6 rings (SSSR count). The third kappa shape index (κ3) is 3.85. The summed E-state index contributed by atoms with van der Waals surface area (Å²) in [6.07, 6.45) is 7.11. The lowest BCUT2D eigenvalue weighted by molar-refractivity contribution is -0.160. The maximum absolute atomic E-state index is 13.5. The molecule has 174 valence electrons. The molecular weight excluding hydrogens is 426 g/mol. The number of amides is 2. The van der Waals surface area contributed by atoms with Crippen LogP contribution in [0.3, 0.4) is 0 Å². The maximum Gasteiger partial charge on any atom is 0.243 e. The fourth-order valence-electron chi connectivity index (χ4n) is 7.01. The van der Waals surface area contributed by atoms with Crippen LogP contribution in [0.4, 0.5) is 0 Å². The molecule has 1 aromatic carbocycles. The van der Waals surface area contributed by atoms with Crippen LogP contribution < -0.4 is 0 Å². The summed E-state index contributed by atoms with van der Waals surface area (Å²) in [7, 11) is -2.26. The van der Waals surface area contributed by atoms with E-state index in [-0.39, 0.29) is 22.8 Å². The summed E-state index contributed by atoms with van der Waals surface area (Å²) in [4.78, 5) is 30.2. The number of hydrogen-bond donors (Lipinski definition) is 0. The molecule has 1 aromatic rings. The largest absolute Gasteiger partial charge is 0.339 e. The zero-order chi connectivity index (χ0) is 22.5. The van der Waals surface area contributed by atoms with Gasteiger partial charge in [0.15, 0.2) is 0 Å². The number of carbonyl (C=O) groups is 2. The monoisotopic (exact) mass is 459 g/mol. The number of carbonyl (C=O) groups excluding carboxylic acids is 2. The van der Waals surface area contributed by atoms with Crippen LogP contribution in [-0.4, -0.2) is 74.1 Å². The van der Waals surface area contributed by atoms with Gasteiger partial charge in [0, 0.05) is 33.2 Å². The van der Waals surface area contributed by atoms with E-state index in [0.717, 1.165) is 41.3 Å². The second-order valence-corrected chi connectivity index (χ2v) is 12.5. The van der Waals surface area contributed by atoms with E-state index in [4.69, 9.17) is 0 Å². The van der Waals surface area contributed by atoms with E-state index in [1.807, 2.05) is 4.90 Å². The molecule has 0 spiro atoms. The van der Waals surface area contributed by atoms with Crippen molar-refractivity contribution >= 4 is 21.8 Å². The molecule has 4 aliphatic carbocycles. The average molecular weight is 460 g/mol. The first-order chi connectivity index (χ1) is 15.3. The van der Waals surface area contributed by atoms with E-state index in [9.17, 15) is 18.0 Å². The van der Waals surface area contributed by atoms with Gasteiger partial charge < -0.3 is 9.80 Å². The second kappa shape index (κ2) is 8.13. The minimum absolute atomic E-state index is 0.148. The van der Waals surface area contributed by atoms with Crippen molar-refractivity contribution in [3.8, 4) is 0 Å². The molecule has 1 heterocycles. The van der Waals surface area contributed by atoms with Crippen LogP contribution in [0.1, 0.15) is 38.5 Å². The normalized spacial score (nSPS) is 31.9. The lowest BCUT2D eigenvalue weighted by atomic mass is 9.49. The SMILES string of the molecule is CN(CC(=O)N1CCN(C(=O)C23CC4CC(CC(C4)C2)C3)CC1)S(=O)(=O)c1ccccc1. The van der Waals surface area contributed by atoms with E-state index in [1.54, 1.807) is 23.1 Å². The molecule has 1 aliphatic heterocycles. The van der Waals surface area contributed by atoms with Crippen LogP contribution in [0.2, 0.25) is 0 Å². The molecule has 0 aromatic heterocycles. The highest BCUT2D eigenvalue weighted by atomic mass is 32.2. The zero-order valence-corrected chi connectivity index (χ0v) is 19.6. The second-order valence-electron chi connectivity index (χ2n) is 10.4. The van der Waals surface area contributed by atoms with Crippen LogP contribution in [0.5, 0.6) is 0 Å². The van der Waals surface area contributed by atoms with E-state index >= 15 is 0 Å². The van der Waals surface area contributed by atoms with Crippen molar-refractivity contribution in [3.05, 3.63) is 30.3 Å². The van der Waals surface area contributed by atoms with E-state index in [2.05, 4.69) is 0 Å². The van der Waals surface area contributed by atoms with Crippen LogP contribution in [0.25, 0.3) is 0 Å². The fourth-order valence-corrected chi connectivity index (χ4v) is 8.16. The summed E-state index contributed by atoms with van der Waals surface area (Å²) < 4.78 is 26.5. The first kappa shape index (κ1) is 21.9. The lowest BCUT2D eigenvalue weighted by Crippen LogP contribution is -2.59. The van der Waals surface area contributed by atoms with Crippen LogP contribution in [0, 0.1) is 23.2 Å². The van der Waals surface area contributed by atoms with Crippen molar-refractivity contribution in [1.82, 2.24) is 14.1 Å². The summed E-state index contributed by atoms with van der Waals surface area (Å²) in [5, 5.41) is 0. The summed E-state index contributed by atoms with van der Waals surface area (Å²) >= 11 is 0. The number of piperazine rings is 1. The average Bonchev–Trinajstić information content (AvgIpc) is 2.78. The van der Waals surface area contributed by atoms with Gasteiger partial charge in [0.05, 0.1) is 16.9 Å². The minimum Gasteiger partial charge on any atom is -0.339 e. The predicted octanol–water partition coefficient (Wildman–Crippen LogP) is 2.19. The Labute approximate surface area is 190 Å².